The third-order valence-corrected chi connectivity index (χ3v) is 3.04. The molecule has 0 fully saturated rings. The highest BCUT2D eigenvalue weighted by atomic mass is 35.5. The Kier molecular flexibility index (Phi) is 4.09. The zero-order valence-corrected chi connectivity index (χ0v) is 11.3. The molecule has 0 saturated carbocycles. The van der Waals surface area contributed by atoms with Crippen molar-refractivity contribution in [2.45, 2.75) is 0 Å². The van der Waals surface area contributed by atoms with Crippen molar-refractivity contribution >= 4 is 34.9 Å². The summed E-state index contributed by atoms with van der Waals surface area (Å²) in [7, 11) is 0. The van der Waals surface area contributed by atoms with Gasteiger partial charge in [0, 0.05) is 11.4 Å². The van der Waals surface area contributed by atoms with Crippen molar-refractivity contribution in [1.82, 2.24) is 0 Å². The van der Waals surface area contributed by atoms with E-state index >= 15 is 0 Å². The van der Waals surface area contributed by atoms with Gasteiger partial charge in [-0.15, -0.1) is 0 Å². The molecule has 2 aromatic carbocycles. The van der Waals surface area contributed by atoms with E-state index in [1.807, 2.05) is 0 Å². The van der Waals surface area contributed by atoms with E-state index in [1.54, 1.807) is 6.07 Å². The number of nitrogens with two attached hydrogens (primary N) is 1. The number of amides is 1. The second-order valence-electron chi connectivity index (χ2n) is 4.18. The highest BCUT2D eigenvalue weighted by Crippen LogP contribution is 2.24. The van der Waals surface area contributed by atoms with Gasteiger partial charge in [0.2, 0.25) is 5.91 Å². The molecule has 0 aliphatic heterocycles. The Morgan fingerprint density at radius 1 is 1.10 bits per heavy atom. The molecule has 21 heavy (non-hydrogen) atoms. The molecular formula is C14H10ClFN2O3. The van der Waals surface area contributed by atoms with Crippen LogP contribution in [-0.2, 0) is 0 Å². The Morgan fingerprint density at radius 3 is 2.14 bits per heavy atom. The van der Waals surface area contributed by atoms with Crippen LogP contribution in [0.5, 0.6) is 0 Å². The number of aromatic carboxylic acids is 1. The van der Waals surface area contributed by atoms with Gasteiger partial charge < -0.3 is 16.2 Å². The predicted molar refractivity (Wildman–Crippen MR) is 76.6 cm³/mol. The second kappa shape index (κ2) is 5.80. The van der Waals surface area contributed by atoms with Crippen molar-refractivity contribution < 1.29 is 19.1 Å². The molecule has 0 radical (unpaired) electrons. The standard InChI is InChI=1S/C14H10ClFN2O3/c15-11-5-7(1-3-9(11)13(17)19)18-8-2-4-10(14(20)21)12(16)6-8/h1-6,18H,(H2,17,19)(H,20,21). The van der Waals surface area contributed by atoms with Crippen molar-refractivity contribution in [3.63, 3.8) is 0 Å². The van der Waals surface area contributed by atoms with E-state index < -0.39 is 23.3 Å². The summed E-state index contributed by atoms with van der Waals surface area (Å²) in [6, 6.07) is 8.08. The van der Waals surface area contributed by atoms with Gasteiger partial charge in [0.25, 0.3) is 0 Å². The number of rotatable bonds is 4. The number of primary amides is 1. The maximum absolute atomic E-state index is 13.5. The van der Waals surface area contributed by atoms with Gasteiger partial charge in [-0.1, -0.05) is 11.6 Å². The lowest BCUT2D eigenvalue weighted by atomic mass is 10.1. The predicted octanol–water partition coefficient (Wildman–Crippen LogP) is 3.02. The number of hydrogen-bond acceptors (Lipinski definition) is 3. The van der Waals surface area contributed by atoms with Crippen molar-refractivity contribution in [3.05, 3.63) is 58.4 Å². The van der Waals surface area contributed by atoms with E-state index in [4.69, 9.17) is 22.4 Å². The molecule has 0 aliphatic rings. The van der Waals surface area contributed by atoms with Gasteiger partial charge in [-0.25, -0.2) is 9.18 Å². The first-order chi connectivity index (χ1) is 9.88. The summed E-state index contributed by atoms with van der Waals surface area (Å²) in [6.07, 6.45) is 0. The SMILES string of the molecule is NC(=O)c1ccc(Nc2ccc(C(=O)O)c(F)c2)cc1Cl. The van der Waals surface area contributed by atoms with Crippen LogP contribution in [0.15, 0.2) is 36.4 Å². The van der Waals surface area contributed by atoms with Crippen molar-refractivity contribution in [1.29, 1.82) is 0 Å². The van der Waals surface area contributed by atoms with Gasteiger partial charge in [0.1, 0.15) is 5.82 Å². The quantitative estimate of drug-likeness (QED) is 0.809. The van der Waals surface area contributed by atoms with E-state index in [0.717, 1.165) is 12.1 Å². The first kappa shape index (κ1) is 14.8. The number of carbonyl (C=O) groups is 2. The summed E-state index contributed by atoms with van der Waals surface area (Å²) in [5.41, 5.74) is 5.75. The normalized spacial score (nSPS) is 10.2. The largest absolute Gasteiger partial charge is 0.478 e. The van der Waals surface area contributed by atoms with Crippen LogP contribution in [0.3, 0.4) is 0 Å². The number of hydrogen-bond donors (Lipinski definition) is 3. The van der Waals surface area contributed by atoms with Crippen molar-refractivity contribution in [2.75, 3.05) is 5.32 Å². The van der Waals surface area contributed by atoms with Crippen LogP contribution in [0.1, 0.15) is 20.7 Å². The Balaban J connectivity index is 2.26. The molecule has 0 aliphatic carbocycles. The Morgan fingerprint density at radius 2 is 1.67 bits per heavy atom. The van der Waals surface area contributed by atoms with Gasteiger partial charge in [-0.05, 0) is 36.4 Å². The monoisotopic (exact) mass is 308 g/mol. The van der Waals surface area contributed by atoms with E-state index in [2.05, 4.69) is 5.32 Å². The molecule has 1 amide bonds. The lowest BCUT2D eigenvalue weighted by Gasteiger charge is -2.09. The summed E-state index contributed by atoms with van der Waals surface area (Å²) in [5.74, 6) is -2.84. The highest BCUT2D eigenvalue weighted by molar-refractivity contribution is 6.34. The molecule has 0 saturated heterocycles. The third kappa shape index (κ3) is 3.29. The third-order valence-electron chi connectivity index (χ3n) is 2.72. The number of nitrogens with one attached hydrogen (secondary N) is 1. The molecule has 0 bridgehead atoms. The minimum atomic E-state index is -1.34. The number of carbonyl (C=O) groups excluding carboxylic acids is 1. The number of anilines is 2. The van der Waals surface area contributed by atoms with Crippen molar-refractivity contribution in [2.24, 2.45) is 5.73 Å². The van der Waals surface area contributed by atoms with E-state index in [-0.39, 0.29) is 10.6 Å². The van der Waals surface area contributed by atoms with Crippen LogP contribution in [-0.4, -0.2) is 17.0 Å². The maximum Gasteiger partial charge on any atom is 0.338 e. The fourth-order valence-electron chi connectivity index (χ4n) is 1.73. The molecule has 2 rings (SSSR count). The summed E-state index contributed by atoms with van der Waals surface area (Å²) in [6.45, 7) is 0. The molecule has 4 N–H and O–H groups in total. The van der Waals surface area contributed by atoms with Crippen LogP contribution in [0, 0.1) is 5.82 Å². The minimum absolute atomic E-state index is 0.162. The van der Waals surface area contributed by atoms with Crippen LogP contribution in [0.2, 0.25) is 5.02 Å². The average Bonchev–Trinajstić information content (AvgIpc) is 2.37. The number of halogens is 2. The first-order valence-corrected chi connectivity index (χ1v) is 6.15. The molecule has 108 valence electrons. The fourth-order valence-corrected chi connectivity index (χ4v) is 2.00. The molecule has 0 unspecified atom stereocenters. The van der Waals surface area contributed by atoms with Gasteiger partial charge >= 0.3 is 5.97 Å². The number of carboxylic acids is 1. The molecule has 0 aromatic heterocycles. The van der Waals surface area contributed by atoms with Crippen LogP contribution in [0.4, 0.5) is 15.8 Å². The molecule has 0 heterocycles. The van der Waals surface area contributed by atoms with E-state index in [1.165, 1.54) is 18.2 Å². The van der Waals surface area contributed by atoms with Crippen molar-refractivity contribution in [3.8, 4) is 0 Å². The molecule has 5 nitrogen and oxygen atoms in total. The lowest BCUT2D eigenvalue weighted by Crippen LogP contribution is -2.11. The van der Waals surface area contributed by atoms with Crippen LogP contribution >= 0.6 is 11.6 Å². The van der Waals surface area contributed by atoms with Gasteiger partial charge in [0.15, 0.2) is 0 Å². The Bertz CT molecular complexity index is 673. The fraction of sp³-hybridized carbons (Fsp3) is 0. The van der Waals surface area contributed by atoms with Gasteiger partial charge in [0.05, 0.1) is 16.1 Å². The topological polar surface area (TPSA) is 92.4 Å². The molecule has 0 spiro atoms. The Hall–Kier alpha value is -2.60. The van der Waals surface area contributed by atoms with Gasteiger partial charge in [-0.3, -0.25) is 4.79 Å². The van der Waals surface area contributed by atoms with Gasteiger partial charge in [-0.2, -0.15) is 0 Å². The lowest BCUT2D eigenvalue weighted by molar-refractivity contribution is 0.0691. The summed E-state index contributed by atoms with van der Waals surface area (Å²) >= 11 is 5.90. The molecule has 2 aromatic rings. The summed E-state index contributed by atoms with van der Waals surface area (Å²) in [5, 5.41) is 11.8. The maximum atomic E-state index is 13.5. The smallest absolute Gasteiger partial charge is 0.338 e. The average molecular weight is 309 g/mol. The van der Waals surface area contributed by atoms with E-state index in [0.29, 0.717) is 11.4 Å². The summed E-state index contributed by atoms with van der Waals surface area (Å²) in [4.78, 5) is 21.8. The van der Waals surface area contributed by atoms with Crippen LogP contribution in [0.25, 0.3) is 0 Å². The first-order valence-electron chi connectivity index (χ1n) is 5.77. The zero-order chi connectivity index (χ0) is 15.6. The van der Waals surface area contributed by atoms with Crippen LogP contribution < -0.4 is 11.1 Å². The minimum Gasteiger partial charge on any atom is -0.478 e. The summed E-state index contributed by atoms with van der Waals surface area (Å²) < 4.78 is 13.5. The molecule has 0 atom stereocenters. The second-order valence-corrected chi connectivity index (χ2v) is 4.59. The number of benzene rings is 2. The molecular weight excluding hydrogens is 299 g/mol. The number of carboxylic acid groups (broad SMARTS) is 1. The molecule has 7 heteroatoms. The highest BCUT2D eigenvalue weighted by Gasteiger charge is 2.11. The van der Waals surface area contributed by atoms with E-state index in [9.17, 15) is 14.0 Å². The Labute approximate surface area is 124 Å². The zero-order valence-electron chi connectivity index (χ0n) is 10.6.